The Morgan fingerprint density at radius 2 is 1.65 bits per heavy atom. The number of hydrazone groups is 1. The molecule has 6 nitrogen and oxygen atoms in total. The van der Waals surface area contributed by atoms with Crippen LogP contribution in [0.5, 0.6) is 11.5 Å². The van der Waals surface area contributed by atoms with Gasteiger partial charge in [0.05, 0.1) is 11.8 Å². The van der Waals surface area contributed by atoms with Gasteiger partial charge in [0.15, 0.2) is 6.10 Å². The smallest absolute Gasteiger partial charge is 0.343 e. The highest BCUT2D eigenvalue weighted by Crippen LogP contribution is 2.21. The highest BCUT2D eigenvalue weighted by molar-refractivity contribution is 6.30. The predicted octanol–water partition coefficient (Wildman–Crippen LogP) is 5.63. The third-order valence-corrected chi connectivity index (χ3v) is 5.19. The van der Waals surface area contributed by atoms with Crippen molar-refractivity contribution in [1.29, 1.82) is 0 Å². The van der Waals surface area contributed by atoms with Gasteiger partial charge in [-0.1, -0.05) is 54.1 Å². The molecule has 0 radical (unpaired) electrons. The molecule has 1 unspecified atom stereocenters. The molecule has 0 heterocycles. The second-order valence-corrected chi connectivity index (χ2v) is 7.91. The number of nitrogens with one attached hydrogen (secondary N) is 1. The zero-order chi connectivity index (χ0) is 23.9. The maximum absolute atomic E-state index is 12.4. The highest BCUT2D eigenvalue weighted by Gasteiger charge is 2.14. The average molecular weight is 473 g/mol. The van der Waals surface area contributed by atoms with E-state index >= 15 is 0 Å². The minimum absolute atomic E-state index is 0.350. The van der Waals surface area contributed by atoms with Crippen molar-refractivity contribution in [2.45, 2.75) is 13.0 Å². The third-order valence-electron chi connectivity index (χ3n) is 4.94. The molecule has 0 aliphatic rings. The lowest BCUT2D eigenvalue weighted by molar-refractivity contribution is -0.127. The van der Waals surface area contributed by atoms with E-state index in [1.54, 1.807) is 55.5 Å². The Kier molecular flexibility index (Phi) is 7.20. The summed E-state index contributed by atoms with van der Waals surface area (Å²) in [6.45, 7) is 1.65. The predicted molar refractivity (Wildman–Crippen MR) is 133 cm³/mol. The van der Waals surface area contributed by atoms with Crippen LogP contribution < -0.4 is 14.9 Å². The van der Waals surface area contributed by atoms with Gasteiger partial charge in [0.2, 0.25) is 0 Å². The van der Waals surface area contributed by atoms with Gasteiger partial charge in [-0.2, -0.15) is 5.10 Å². The monoisotopic (exact) mass is 472 g/mol. The number of hydrogen-bond acceptors (Lipinski definition) is 5. The fourth-order valence-electron chi connectivity index (χ4n) is 3.17. The molecule has 0 aliphatic heterocycles. The van der Waals surface area contributed by atoms with E-state index in [-0.39, 0.29) is 0 Å². The van der Waals surface area contributed by atoms with E-state index in [9.17, 15) is 9.59 Å². The van der Waals surface area contributed by atoms with Gasteiger partial charge in [-0.15, -0.1) is 0 Å². The molecule has 0 saturated heterocycles. The maximum Gasteiger partial charge on any atom is 0.343 e. The number of benzene rings is 4. The normalized spacial score (nSPS) is 11.8. The van der Waals surface area contributed by atoms with Crippen LogP contribution in [0.2, 0.25) is 5.02 Å². The summed E-state index contributed by atoms with van der Waals surface area (Å²) in [7, 11) is 0. The first-order valence-electron chi connectivity index (χ1n) is 10.5. The zero-order valence-electron chi connectivity index (χ0n) is 18.3. The number of carbonyl (C=O) groups is 2. The summed E-state index contributed by atoms with van der Waals surface area (Å²) in [5, 5.41) is 6.64. The van der Waals surface area contributed by atoms with Gasteiger partial charge < -0.3 is 9.47 Å². The second-order valence-electron chi connectivity index (χ2n) is 7.47. The molecule has 34 heavy (non-hydrogen) atoms. The Bertz CT molecular complexity index is 1350. The molecule has 0 bridgehead atoms. The summed E-state index contributed by atoms with van der Waals surface area (Å²) < 4.78 is 11.1. The number of halogens is 1. The molecule has 0 spiro atoms. The Morgan fingerprint density at radius 1 is 0.882 bits per heavy atom. The minimum Gasteiger partial charge on any atom is -0.481 e. The van der Waals surface area contributed by atoms with Crippen molar-refractivity contribution in [3.05, 3.63) is 107 Å². The number of esters is 1. The van der Waals surface area contributed by atoms with E-state index in [2.05, 4.69) is 10.5 Å². The van der Waals surface area contributed by atoms with Gasteiger partial charge in [0, 0.05) is 5.02 Å². The van der Waals surface area contributed by atoms with Crippen LogP contribution >= 0.6 is 11.6 Å². The molecule has 1 N–H and O–H groups in total. The molecule has 4 aromatic rings. The van der Waals surface area contributed by atoms with E-state index in [1.807, 2.05) is 42.5 Å². The average Bonchev–Trinajstić information content (AvgIpc) is 2.84. The van der Waals surface area contributed by atoms with E-state index in [4.69, 9.17) is 21.1 Å². The highest BCUT2D eigenvalue weighted by atomic mass is 35.5. The summed E-state index contributed by atoms with van der Waals surface area (Å²) in [4.78, 5) is 24.6. The van der Waals surface area contributed by atoms with E-state index in [1.165, 1.54) is 6.21 Å². The Morgan fingerprint density at radius 3 is 2.44 bits per heavy atom. The molecule has 4 rings (SSSR count). The maximum atomic E-state index is 12.4. The lowest BCUT2D eigenvalue weighted by Crippen LogP contribution is -2.33. The number of rotatable bonds is 7. The fraction of sp³-hybridized carbons (Fsp3) is 0.0741. The van der Waals surface area contributed by atoms with E-state index in [0.29, 0.717) is 27.6 Å². The number of nitrogens with zero attached hydrogens (tertiary/aromatic N) is 1. The van der Waals surface area contributed by atoms with Gasteiger partial charge in [-0.25, -0.2) is 10.2 Å². The van der Waals surface area contributed by atoms with Crippen LogP contribution in [-0.2, 0) is 4.79 Å². The fourth-order valence-corrected chi connectivity index (χ4v) is 3.30. The lowest BCUT2D eigenvalue weighted by atomic mass is 10.1. The van der Waals surface area contributed by atoms with Crippen molar-refractivity contribution in [3.63, 3.8) is 0 Å². The standard InChI is InChI=1S/C27H21ClN2O4/c1-18(33-25-14-11-20-6-2-3-7-22(20)16-25)26(31)30-29-17-19-5-4-8-24(15-19)34-27(32)21-9-12-23(28)13-10-21/h2-18H,1H3,(H,30,31). The van der Waals surface area contributed by atoms with Gasteiger partial charge in [0.1, 0.15) is 11.5 Å². The van der Waals surface area contributed by atoms with Crippen LogP contribution in [0.15, 0.2) is 96.1 Å². The number of amides is 1. The molecule has 1 amide bonds. The van der Waals surface area contributed by atoms with Gasteiger partial charge in [-0.3, -0.25) is 4.79 Å². The Balaban J connectivity index is 1.32. The molecular formula is C27H21ClN2O4. The molecule has 7 heteroatoms. The summed E-state index contributed by atoms with van der Waals surface area (Å²) in [5.74, 6) is 0.0530. The Hall–Kier alpha value is -4.16. The lowest BCUT2D eigenvalue weighted by Gasteiger charge is -2.13. The van der Waals surface area contributed by atoms with Crippen LogP contribution in [0.25, 0.3) is 10.8 Å². The molecule has 1 atom stereocenters. The van der Waals surface area contributed by atoms with Crippen molar-refractivity contribution in [2.75, 3.05) is 0 Å². The van der Waals surface area contributed by atoms with Crippen molar-refractivity contribution in [1.82, 2.24) is 5.43 Å². The zero-order valence-corrected chi connectivity index (χ0v) is 19.0. The SMILES string of the molecule is CC(Oc1ccc2ccccc2c1)C(=O)NN=Cc1cccc(OC(=O)c2ccc(Cl)cc2)c1. The number of fused-ring (bicyclic) bond motifs is 1. The summed E-state index contributed by atoms with van der Waals surface area (Å²) >= 11 is 5.84. The molecule has 0 fully saturated rings. The van der Waals surface area contributed by atoms with Crippen LogP contribution in [0.3, 0.4) is 0 Å². The Labute approximate surface area is 201 Å². The van der Waals surface area contributed by atoms with Crippen LogP contribution in [0.1, 0.15) is 22.8 Å². The van der Waals surface area contributed by atoms with Crippen LogP contribution in [0, 0.1) is 0 Å². The molecule has 0 aromatic heterocycles. The molecule has 0 saturated carbocycles. The van der Waals surface area contributed by atoms with Crippen molar-refractivity contribution in [3.8, 4) is 11.5 Å². The third kappa shape index (κ3) is 5.99. The molecular weight excluding hydrogens is 452 g/mol. The largest absolute Gasteiger partial charge is 0.481 e. The first kappa shape index (κ1) is 23.0. The number of ether oxygens (including phenoxy) is 2. The van der Waals surface area contributed by atoms with Gasteiger partial charge in [0.25, 0.3) is 5.91 Å². The van der Waals surface area contributed by atoms with Crippen molar-refractivity contribution in [2.24, 2.45) is 5.10 Å². The van der Waals surface area contributed by atoms with Gasteiger partial charge in [-0.05, 0) is 71.8 Å². The topological polar surface area (TPSA) is 77.0 Å². The molecule has 170 valence electrons. The van der Waals surface area contributed by atoms with Gasteiger partial charge >= 0.3 is 5.97 Å². The molecule has 4 aromatic carbocycles. The van der Waals surface area contributed by atoms with Crippen LogP contribution in [-0.4, -0.2) is 24.2 Å². The summed E-state index contributed by atoms with van der Waals surface area (Å²) in [6, 6.07) is 26.8. The summed E-state index contributed by atoms with van der Waals surface area (Å²) in [6.07, 6.45) is 0.713. The van der Waals surface area contributed by atoms with Crippen molar-refractivity contribution >= 4 is 40.5 Å². The quantitative estimate of drug-likeness (QED) is 0.164. The first-order valence-corrected chi connectivity index (χ1v) is 10.9. The van der Waals surface area contributed by atoms with E-state index in [0.717, 1.165) is 10.8 Å². The second kappa shape index (κ2) is 10.6. The van der Waals surface area contributed by atoms with E-state index < -0.39 is 18.0 Å². The van der Waals surface area contributed by atoms with Crippen LogP contribution in [0.4, 0.5) is 0 Å². The van der Waals surface area contributed by atoms with Crippen molar-refractivity contribution < 1.29 is 19.1 Å². The number of hydrogen-bond donors (Lipinski definition) is 1. The minimum atomic E-state index is -0.745. The molecule has 0 aliphatic carbocycles. The first-order chi connectivity index (χ1) is 16.5. The summed E-state index contributed by atoms with van der Waals surface area (Å²) in [5.41, 5.74) is 3.49. The number of carbonyl (C=O) groups excluding carboxylic acids is 2.